The van der Waals surface area contributed by atoms with Gasteiger partial charge >= 0.3 is 0 Å². The summed E-state index contributed by atoms with van der Waals surface area (Å²) in [6, 6.07) is 0. The lowest BCUT2D eigenvalue weighted by Crippen LogP contribution is -2.37. The molecule has 0 aromatic carbocycles. The Kier molecular flexibility index (Phi) is 2.47. The molecule has 0 spiro atoms. The van der Waals surface area contributed by atoms with Crippen molar-refractivity contribution in [1.29, 1.82) is 0 Å². The topological polar surface area (TPSA) is 3.24 Å². The number of rotatable bonds is 0. The minimum atomic E-state index is -0.423. The van der Waals surface area contributed by atoms with Crippen LogP contribution >= 0.6 is 0 Å². The van der Waals surface area contributed by atoms with Gasteiger partial charge in [0.25, 0.3) is 0 Å². The monoisotopic (exact) mass is 180 g/mol. The van der Waals surface area contributed by atoms with Crippen molar-refractivity contribution in [1.82, 2.24) is 4.57 Å². The van der Waals surface area contributed by atoms with Gasteiger partial charge in [-0.05, 0) is 52.4 Å². The molecule has 0 amide bonds. The molecule has 0 N–H and O–H groups in total. The van der Waals surface area contributed by atoms with Gasteiger partial charge in [0.2, 0.25) is 0 Å². The van der Waals surface area contributed by atoms with Crippen LogP contribution < -0.4 is 0 Å². The van der Waals surface area contributed by atoms with E-state index in [0.717, 1.165) is 0 Å². The van der Waals surface area contributed by atoms with Gasteiger partial charge in [0.05, 0.1) is 0 Å². The molecule has 1 aliphatic heterocycles. The van der Waals surface area contributed by atoms with Crippen LogP contribution in [-0.2, 0) is 0 Å². The van der Waals surface area contributed by atoms with Crippen LogP contribution in [0.15, 0.2) is 22.0 Å². The van der Waals surface area contributed by atoms with Gasteiger partial charge in [-0.2, -0.15) is 0 Å². The molecule has 1 rings (SSSR count). The molecule has 1 radical (unpaired) electrons. The predicted molar refractivity (Wildman–Crippen MR) is 56.1 cm³/mol. The van der Waals surface area contributed by atoms with E-state index >= 15 is 0 Å². The van der Waals surface area contributed by atoms with E-state index in [0.29, 0.717) is 0 Å². The van der Waals surface area contributed by atoms with E-state index in [9.17, 15) is 0 Å². The fraction of sp³-hybridized carbons (Fsp3) is 0.600. The molecule has 1 aliphatic rings. The van der Waals surface area contributed by atoms with E-state index in [2.05, 4.69) is 45.9 Å². The maximum Gasteiger partial charge on any atom is 0.197 e. The molecule has 0 saturated carbocycles. The van der Waals surface area contributed by atoms with Gasteiger partial charge in [-0.1, -0.05) is 5.20 Å². The molecule has 1 heterocycles. The van der Waals surface area contributed by atoms with E-state index in [-0.39, 0.29) is 0 Å². The molecular weight excluding hydrogens is 162 g/mol. The SMILES string of the molecule is CC1=C(C)N(C)[Si](C)C(C)=C1C. The summed E-state index contributed by atoms with van der Waals surface area (Å²) in [6.07, 6.45) is 0. The van der Waals surface area contributed by atoms with Gasteiger partial charge < -0.3 is 4.57 Å². The fourth-order valence-electron chi connectivity index (χ4n) is 1.58. The zero-order valence-electron chi connectivity index (χ0n) is 8.95. The molecule has 0 aromatic rings. The molecular formula is C10H18NSi. The largest absolute Gasteiger partial charge is 0.400 e. The van der Waals surface area contributed by atoms with Crippen LogP contribution in [0.25, 0.3) is 0 Å². The third-order valence-electron chi connectivity index (χ3n) is 3.22. The second-order valence-corrected chi connectivity index (χ2v) is 6.20. The molecule has 0 aromatic heterocycles. The Bertz CT molecular complexity index is 235. The highest BCUT2D eigenvalue weighted by molar-refractivity contribution is 6.63. The number of hydrogen-bond donors (Lipinski definition) is 0. The zero-order valence-corrected chi connectivity index (χ0v) is 9.95. The van der Waals surface area contributed by atoms with Crippen molar-refractivity contribution in [2.75, 3.05) is 7.05 Å². The van der Waals surface area contributed by atoms with E-state index < -0.39 is 8.96 Å². The van der Waals surface area contributed by atoms with Crippen molar-refractivity contribution in [3.05, 3.63) is 22.0 Å². The second kappa shape index (κ2) is 3.09. The molecule has 0 fully saturated rings. The minimum Gasteiger partial charge on any atom is -0.400 e. The first-order valence-corrected chi connectivity index (χ1v) is 6.34. The lowest BCUT2D eigenvalue weighted by Gasteiger charge is -2.34. The quantitative estimate of drug-likeness (QED) is 0.518. The van der Waals surface area contributed by atoms with Crippen LogP contribution in [0.1, 0.15) is 27.7 Å². The summed E-state index contributed by atoms with van der Waals surface area (Å²) in [4.78, 5) is 0. The smallest absolute Gasteiger partial charge is 0.197 e. The lowest BCUT2D eigenvalue weighted by atomic mass is 10.1. The molecule has 0 saturated heterocycles. The van der Waals surface area contributed by atoms with Gasteiger partial charge in [-0.15, -0.1) is 0 Å². The molecule has 2 heteroatoms. The Hall–Kier alpha value is -0.503. The average molecular weight is 180 g/mol. The number of hydrogen-bond acceptors (Lipinski definition) is 1. The Morgan fingerprint density at radius 3 is 2.00 bits per heavy atom. The first-order valence-electron chi connectivity index (χ1n) is 4.39. The zero-order chi connectivity index (χ0) is 9.46. The highest BCUT2D eigenvalue weighted by Crippen LogP contribution is 2.27. The molecule has 1 nitrogen and oxygen atoms in total. The van der Waals surface area contributed by atoms with E-state index in [1.807, 2.05) is 0 Å². The molecule has 0 unspecified atom stereocenters. The first kappa shape index (κ1) is 9.58. The summed E-state index contributed by atoms with van der Waals surface area (Å²) in [7, 11) is 1.79. The van der Waals surface area contributed by atoms with Gasteiger partial charge in [-0.25, -0.2) is 0 Å². The van der Waals surface area contributed by atoms with Crippen molar-refractivity contribution < 1.29 is 0 Å². The fourth-order valence-corrected chi connectivity index (χ4v) is 3.48. The Morgan fingerprint density at radius 2 is 1.50 bits per heavy atom. The van der Waals surface area contributed by atoms with Crippen molar-refractivity contribution >= 4 is 8.96 Å². The van der Waals surface area contributed by atoms with Crippen LogP contribution in [0.3, 0.4) is 0 Å². The van der Waals surface area contributed by atoms with E-state index in [4.69, 9.17) is 0 Å². The molecule has 0 aliphatic carbocycles. The van der Waals surface area contributed by atoms with Crippen molar-refractivity contribution in [3.63, 3.8) is 0 Å². The highest BCUT2D eigenvalue weighted by atomic mass is 28.3. The van der Waals surface area contributed by atoms with Gasteiger partial charge in [0.1, 0.15) is 0 Å². The average Bonchev–Trinajstić information content (AvgIpc) is 2.08. The maximum absolute atomic E-state index is 2.45. The van der Waals surface area contributed by atoms with Crippen LogP contribution in [-0.4, -0.2) is 20.6 Å². The molecule has 67 valence electrons. The Morgan fingerprint density at radius 1 is 1.00 bits per heavy atom. The van der Waals surface area contributed by atoms with Gasteiger partial charge in [-0.3, -0.25) is 0 Å². The van der Waals surface area contributed by atoms with Crippen molar-refractivity contribution in [2.45, 2.75) is 34.2 Å². The van der Waals surface area contributed by atoms with E-state index in [1.165, 1.54) is 16.8 Å². The minimum absolute atomic E-state index is 0.423. The number of allylic oxidation sites excluding steroid dienone is 4. The Balaban J connectivity index is 3.18. The van der Waals surface area contributed by atoms with Crippen molar-refractivity contribution in [2.24, 2.45) is 0 Å². The summed E-state index contributed by atoms with van der Waals surface area (Å²) in [5.41, 5.74) is 4.43. The third kappa shape index (κ3) is 1.24. The Labute approximate surface area is 77.5 Å². The van der Waals surface area contributed by atoms with Crippen LogP contribution in [0.2, 0.25) is 6.55 Å². The van der Waals surface area contributed by atoms with Gasteiger partial charge in [0, 0.05) is 5.70 Å². The predicted octanol–water partition coefficient (Wildman–Crippen LogP) is 2.72. The summed E-state index contributed by atoms with van der Waals surface area (Å²) >= 11 is 0. The summed E-state index contributed by atoms with van der Waals surface area (Å²) in [5.74, 6) is 0. The standard InChI is InChI=1S/C10H18NSi/c1-7-8(2)10(4)12(6)11(5)9(7)3/h1-6H3. The summed E-state index contributed by atoms with van der Waals surface area (Å²) < 4.78 is 2.45. The third-order valence-corrected chi connectivity index (χ3v) is 6.02. The second-order valence-electron chi connectivity index (χ2n) is 3.60. The van der Waals surface area contributed by atoms with Crippen molar-refractivity contribution in [3.8, 4) is 0 Å². The first-order chi connectivity index (χ1) is 5.46. The summed E-state index contributed by atoms with van der Waals surface area (Å²) in [6.45, 7) is 11.3. The highest BCUT2D eigenvalue weighted by Gasteiger charge is 2.23. The maximum atomic E-state index is 2.45. The summed E-state index contributed by atoms with van der Waals surface area (Å²) in [5, 5.41) is 1.60. The normalized spacial score (nSPS) is 21.0. The van der Waals surface area contributed by atoms with Crippen LogP contribution in [0, 0.1) is 0 Å². The number of nitrogens with zero attached hydrogens (tertiary/aromatic N) is 1. The molecule has 12 heavy (non-hydrogen) atoms. The van der Waals surface area contributed by atoms with Crippen LogP contribution in [0.4, 0.5) is 0 Å². The molecule has 0 atom stereocenters. The lowest BCUT2D eigenvalue weighted by molar-refractivity contribution is 0.634. The molecule has 0 bridgehead atoms. The van der Waals surface area contributed by atoms with Crippen LogP contribution in [0.5, 0.6) is 0 Å². The van der Waals surface area contributed by atoms with E-state index in [1.54, 1.807) is 5.20 Å². The van der Waals surface area contributed by atoms with Gasteiger partial charge in [0.15, 0.2) is 8.96 Å².